The molecule has 5 heteroatoms. The van der Waals surface area contributed by atoms with Crippen molar-refractivity contribution in [3.63, 3.8) is 0 Å². The Morgan fingerprint density at radius 1 is 1.03 bits per heavy atom. The number of fused-ring (bicyclic) bond motifs is 1. The first-order valence-electron chi connectivity index (χ1n) is 13.4. The number of aryl methyl sites for hydroxylation is 1. The Kier molecular flexibility index (Phi) is 8.00. The minimum Gasteiger partial charge on any atom is -0.497 e. The fourth-order valence-corrected chi connectivity index (χ4v) is 5.71. The third-order valence-electron chi connectivity index (χ3n) is 7.56. The smallest absolute Gasteiger partial charge is 0.120 e. The Hall–Kier alpha value is -3.75. The largest absolute Gasteiger partial charge is 0.497 e. The SMILES string of the molecule is C#Cc1cc(OC)ccc1C1=C(c2ccc(O[C@H]3CCN(CCCF)C3)cc2)c2ccc(N)cc2CCC1. The van der Waals surface area contributed by atoms with E-state index >= 15 is 0 Å². The summed E-state index contributed by atoms with van der Waals surface area (Å²) in [5.74, 6) is 4.49. The van der Waals surface area contributed by atoms with Crippen LogP contribution in [0, 0.1) is 12.3 Å². The molecule has 3 aromatic rings. The monoisotopic (exact) mass is 510 g/mol. The van der Waals surface area contributed by atoms with Crippen LogP contribution in [0.4, 0.5) is 10.1 Å². The summed E-state index contributed by atoms with van der Waals surface area (Å²) in [5, 5.41) is 0. The first-order valence-corrected chi connectivity index (χ1v) is 13.4. The molecule has 0 spiro atoms. The number of hydrogen-bond donors (Lipinski definition) is 1. The normalized spacial score (nSPS) is 17.6. The van der Waals surface area contributed by atoms with Crippen molar-refractivity contribution >= 4 is 16.8 Å². The number of likely N-dealkylation sites (tertiary alicyclic amines) is 1. The Bertz CT molecular complexity index is 1360. The molecule has 0 bridgehead atoms. The number of methoxy groups -OCH3 is 1. The Morgan fingerprint density at radius 3 is 2.58 bits per heavy atom. The van der Waals surface area contributed by atoms with Crippen LogP contribution in [0.1, 0.15) is 53.5 Å². The number of hydrogen-bond acceptors (Lipinski definition) is 4. The zero-order valence-corrected chi connectivity index (χ0v) is 22.0. The molecule has 1 heterocycles. The van der Waals surface area contributed by atoms with Gasteiger partial charge in [0.25, 0.3) is 0 Å². The number of terminal acetylenes is 1. The van der Waals surface area contributed by atoms with E-state index in [0.717, 1.165) is 79.2 Å². The number of alkyl halides is 1. The predicted molar refractivity (Wildman–Crippen MR) is 153 cm³/mol. The molecule has 3 aromatic carbocycles. The van der Waals surface area contributed by atoms with Crippen molar-refractivity contribution in [2.75, 3.05) is 39.2 Å². The van der Waals surface area contributed by atoms with E-state index < -0.39 is 0 Å². The molecule has 0 amide bonds. The van der Waals surface area contributed by atoms with Gasteiger partial charge in [-0.05, 0) is 108 Å². The molecule has 1 aliphatic heterocycles. The van der Waals surface area contributed by atoms with Gasteiger partial charge in [0.05, 0.1) is 13.8 Å². The van der Waals surface area contributed by atoms with Crippen molar-refractivity contribution in [1.82, 2.24) is 4.90 Å². The number of rotatable bonds is 8. The lowest BCUT2D eigenvalue weighted by atomic mass is 9.86. The van der Waals surface area contributed by atoms with Gasteiger partial charge in [-0.15, -0.1) is 6.42 Å². The first-order chi connectivity index (χ1) is 18.6. The minimum absolute atomic E-state index is 0.134. The van der Waals surface area contributed by atoms with E-state index in [1.807, 2.05) is 18.2 Å². The van der Waals surface area contributed by atoms with Crippen LogP contribution in [0.3, 0.4) is 0 Å². The van der Waals surface area contributed by atoms with Gasteiger partial charge in [-0.2, -0.15) is 0 Å². The third kappa shape index (κ3) is 5.56. The lowest BCUT2D eigenvalue weighted by molar-refractivity contribution is 0.198. The number of ether oxygens (including phenoxy) is 2. The molecule has 4 nitrogen and oxygen atoms in total. The average molecular weight is 511 g/mol. The molecule has 1 saturated heterocycles. The molecular formula is C33H35FN2O2. The molecule has 1 fully saturated rings. The quantitative estimate of drug-likeness (QED) is 0.283. The maximum Gasteiger partial charge on any atom is 0.120 e. The summed E-state index contributed by atoms with van der Waals surface area (Å²) in [5.41, 5.74) is 14.8. The number of allylic oxidation sites excluding steroid dienone is 1. The van der Waals surface area contributed by atoms with Crippen molar-refractivity contribution in [3.8, 4) is 23.8 Å². The summed E-state index contributed by atoms with van der Waals surface area (Å²) in [4.78, 5) is 2.28. The van der Waals surface area contributed by atoms with Gasteiger partial charge in [0.15, 0.2) is 0 Å². The second-order valence-electron chi connectivity index (χ2n) is 10.1. The Balaban J connectivity index is 1.52. The molecular weight excluding hydrogens is 475 g/mol. The van der Waals surface area contributed by atoms with Crippen molar-refractivity contribution < 1.29 is 13.9 Å². The average Bonchev–Trinajstić information content (AvgIpc) is 3.30. The lowest BCUT2D eigenvalue weighted by Gasteiger charge is -2.19. The van der Waals surface area contributed by atoms with Crippen molar-refractivity contribution in [2.24, 2.45) is 0 Å². The van der Waals surface area contributed by atoms with Gasteiger partial charge in [-0.1, -0.05) is 24.1 Å². The number of halogens is 1. The van der Waals surface area contributed by atoms with E-state index in [1.54, 1.807) is 7.11 Å². The summed E-state index contributed by atoms with van der Waals surface area (Å²) in [6.07, 6.45) is 10.5. The molecule has 0 radical (unpaired) electrons. The second-order valence-corrected chi connectivity index (χ2v) is 10.1. The minimum atomic E-state index is -0.267. The topological polar surface area (TPSA) is 47.7 Å². The summed E-state index contributed by atoms with van der Waals surface area (Å²) < 4.78 is 24.3. The van der Waals surface area contributed by atoms with Gasteiger partial charge in [0.2, 0.25) is 0 Å². The van der Waals surface area contributed by atoms with E-state index in [2.05, 4.69) is 53.3 Å². The lowest BCUT2D eigenvalue weighted by Crippen LogP contribution is -2.26. The first kappa shape index (κ1) is 25.9. The van der Waals surface area contributed by atoms with Crippen LogP contribution in [0.25, 0.3) is 11.1 Å². The molecule has 38 heavy (non-hydrogen) atoms. The third-order valence-corrected chi connectivity index (χ3v) is 7.56. The fraction of sp³-hybridized carbons (Fsp3) is 0.333. The summed E-state index contributed by atoms with van der Waals surface area (Å²) in [6, 6.07) is 20.6. The number of nitrogens with two attached hydrogens (primary N) is 1. The van der Waals surface area contributed by atoms with E-state index in [-0.39, 0.29) is 12.8 Å². The maximum absolute atomic E-state index is 12.5. The van der Waals surface area contributed by atoms with Gasteiger partial charge in [-0.3, -0.25) is 9.29 Å². The molecule has 0 aromatic heterocycles. The highest BCUT2D eigenvalue weighted by Crippen LogP contribution is 2.42. The number of anilines is 1. The van der Waals surface area contributed by atoms with E-state index in [9.17, 15) is 4.39 Å². The van der Waals surface area contributed by atoms with Crippen molar-refractivity contribution in [1.29, 1.82) is 0 Å². The summed E-state index contributed by atoms with van der Waals surface area (Å²) >= 11 is 0. The number of nitrogens with zero attached hydrogens (tertiary/aromatic N) is 1. The zero-order valence-electron chi connectivity index (χ0n) is 22.0. The highest BCUT2D eigenvalue weighted by molar-refractivity contribution is 6.01. The maximum atomic E-state index is 12.5. The van der Waals surface area contributed by atoms with Crippen LogP contribution in [0.2, 0.25) is 0 Å². The standard InChI is InChI=1S/C33H35FN2O2/c1-3-23-21-28(37-2)13-15-30(23)32-7-4-6-25-20-26(35)10-14-31(25)33(32)24-8-11-27(12-9-24)38-29-16-19-36(22-29)18-5-17-34/h1,8-15,20-21,29H,4-7,16-19,22,35H2,2H3/t29-/m0/s1. The van der Waals surface area contributed by atoms with Crippen LogP contribution >= 0.6 is 0 Å². The molecule has 5 rings (SSSR count). The molecule has 2 N–H and O–H groups in total. The van der Waals surface area contributed by atoms with E-state index in [4.69, 9.17) is 21.6 Å². The van der Waals surface area contributed by atoms with Crippen LogP contribution in [-0.4, -0.2) is 44.4 Å². The van der Waals surface area contributed by atoms with E-state index in [0.29, 0.717) is 6.42 Å². The molecule has 2 aliphatic rings. The van der Waals surface area contributed by atoms with Gasteiger partial charge < -0.3 is 15.2 Å². The fourth-order valence-electron chi connectivity index (χ4n) is 5.71. The van der Waals surface area contributed by atoms with Crippen LogP contribution in [-0.2, 0) is 6.42 Å². The van der Waals surface area contributed by atoms with Gasteiger partial charge in [0.1, 0.15) is 17.6 Å². The number of nitrogen functional groups attached to an aromatic ring is 1. The predicted octanol–water partition coefficient (Wildman–Crippen LogP) is 6.37. The van der Waals surface area contributed by atoms with Crippen LogP contribution in [0.15, 0.2) is 60.7 Å². The molecule has 1 atom stereocenters. The van der Waals surface area contributed by atoms with Crippen molar-refractivity contribution in [2.45, 2.75) is 38.2 Å². The Labute approximate surface area is 225 Å². The molecule has 0 unspecified atom stereocenters. The molecule has 196 valence electrons. The van der Waals surface area contributed by atoms with Gasteiger partial charge in [0, 0.05) is 30.9 Å². The molecule has 0 saturated carbocycles. The van der Waals surface area contributed by atoms with E-state index in [1.165, 1.54) is 22.3 Å². The second kappa shape index (κ2) is 11.8. The van der Waals surface area contributed by atoms with Crippen LogP contribution in [0.5, 0.6) is 11.5 Å². The highest BCUT2D eigenvalue weighted by Gasteiger charge is 2.25. The summed E-state index contributed by atoms with van der Waals surface area (Å²) in [7, 11) is 1.66. The Morgan fingerprint density at radius 2 is 1.82 bits per heavy atom. The van der Waals surface area contributed by atoms with Gasteiger partial charge >= 0.3 is 0 Å². The highest BCUT2D eigenvalue weighted by atomic mass is 19.1. The number of benzene rings is 3. The van der Waals surface area contributed by atoms with Gasteiger partial charge in [-0.25, -0.2) is 0 Å². The van der Waals surface area contributed by atoms with Crippen LogP contribution < -0.4 is 15.2 Å². The van der Waals surface area contributed by atoms with Crippen molar-refractivity contribution in [3.05, 3.63) is 88.5 Å². The molecule has 1 aliphatic carbocycles. The zero-order chi connectivity index (χ0) is 26.5. The summed E-state index contributed by atoms with van der Waals surface area (Å²) in [6.45, 7) is 2.33.